The molecule has 2 rings (SSSR count). The summed E-state index contributed by atoms with van der Waals surface area (Å²) in [5.41, 5.74) is 2.05. The zero-order valence-electron chi connectivity index (χ0n) is 10.1. The van der Waals surface area contributed by atoms with Crippen LogP contribution in [0.3, 0.4) is 0 Å². The summed E-state index contributed by atoms with van der Waals surface area (Å²) in [6, 6.07) is 6.00. The van der Waals surface area contributed by atoms with Gasteiger partial charge in [0.05, 0.1) is 5.69 Å². The highest BCUT2D eigenvalue weighted by atomic mass is 32.1. The molecular weight excluding hydrogens is 232 g/mol. The van der Waals surface area contributed by atoms with E-state index in [9.17, 15) is 4.79 Å². The Kier molecular flexibility index (Phi) is 3.74. The summed E-state index contributed by atoms with van der Waals surface area (Å²) in [4.78, 5) is 13.0. The lowest BCUT2D eigenvalue weighted by atomic mass is 10.1. The van der Waals surface area contributed by atoms with Crippen LogP contribution in [0.4, 0.5) is 0 Å². The minimum atomic E-state index is 0.248. The number of carbonyl (C=O) groups excluding carboxylic acids is 1. The van der Waals surface area contributed by atoms with Gasteiger partial charge in [0.15, 0.2) is 0 Å². The van der Waals surface area contributed by atoms with E-state index >= 15 is 0 Å². The molecule has 0 bridgehead atoms. The van der Waals surface area contributed by atoms with E-state index in [0.717, 1.165) is 22.7 Å². The van der Waals surface area contributed by atoms with E-state index in [2.05, 4.69) is 12.0 Å². The van der Waals surface area contributed by atoms with E-state index in [1.807, 2.05) is 35.3 Å². The standard InChI is InChI=1S/C13H16N2OS/c1-3-10-7-11(15(2)14-10)8-12(16)9-13-5-4-6-17-13/h4-7H,3,8-9H2,1-2H3. The van der Waals surface area contributed by atoms with Crippen LogP contribution in [0.25, 0.3) is 0 Å². The average Bonchev–Trinajstić information content (AvgIpc) is 2.89. The highest BCUT2D eigenvalue weighted by Gasteiger charge is 2.10. The molecule has 0 atom stereocenters. The van der Waals surface area contributed by atoms with Gasteiger partial charge in [0.1, 0.15) is 5.78 Å². The summed E-state index contributed by atoms with van der Waals surface area (Å²) in [7, 11) is 1.90. The molecule has 2 heterocycles. The minimum absolute atomic E-state index is 0.248. The lowest BCUT2D eigenvalue weighted by molar-refractivity contribution is -0.117. The second kappa shape index (κ2) is 5.27. The summed E-state index contributed by atoms with van der Waals surface area (Å²) in [6.45, 7) is 2.07. The van der Waals surface area contributed by atoms with Crippen molar-refractivity contribution < 1.29 is 4.79 Å². The number of rotatable bonds is 5. The van der Waals surface area contributed by atoms with Crippen LogP contribution in [0.2, 0.25) is 0 Å². The van der Waals surface area contributed by atoms with Gasteiger partial charge in [0.2, 0.25) is 0 Å². The van der Waals surface area contributed by atoms with Crippen LogP contribution >= 0.6 is 11.3 Å². The van der Waals surface area contributed by atoms with Crippen LogP contribution in [0.15, 0.2) is 23.6 Å². The number of ketones is 1. The van der Waals surface area contributed by atoms with Crippen LogP contribution in [0.1, 0.15) is 23.2 Å². The second-order valence-corrected chi connectivity index (χ2v) is 5.11. The minimum Gasteiger partial charge on any atom is -0.299 e. The molecule has 0 amide bonds. The third kappa shape index (κ3) is 3.03. The number of Topliss-reactive ketones (excluding diaryl/α,β-unsaturated/α-hetero) is 1. The van der Waals surface area contributed by atoms with Gasteiger partial charge in [-0.15, -0.1) is 11.3 Å². The topological polar surface area (TPSA) is 34.9 Å². The van der Waals surface area contributed by atoms with Crippen LogP contribution in [-0.2, 0) is 31.1 Å². The van der Waals surface area contributed by atoms with Crippen LogP contribution in [0.5, 0.6) is 0 Å². The molecule has 0 aliphatic carbocycles. The van der Waals surface area contributed by atoms with Gasteiger partial charge in [-0.1, -0.05) is 13.0 Å². The molecule has 0 saturated heterocycles. The van der Waals surface area contributed by atoms with Crippen molar-refractivity contribution in [3.05, 3.63) is 39.8 Å². The molecule has 17 heavy (non-hydrogen) atoms. The summed E-state index contributed by atoms with van der Waals surface area (Å²) >= 11 is 1.63. The number of nitrogens with zero attached hydrogens (tertiary/aromatic N) is 2. The monoisotopic (exact) mass is 248 g/mol. The molecule has 3 nitrogen and oxygen atoms in total. The smallest absolute Gasteiger partial charge is 0.144 e. The predicted octanol–water partition coefficient (Wildman–Crippen LogP) is 2.40. The Morgan fingerprint density at radius 3 is 2.88 bits per heavy atom. The fourth-order valence-electron chi connectivity index (χ4n) is 1.78. The van der Waals surface area contributed by atoms with Crippen molar-refractivity contribution in [1.82, 2.24) is 9.78 Å². The van der Waals surface area contributed by atoms with E-state index in [4.69, 9.17) is 0 Å². The molecule has 0 radical (unpaired) electrons. The fraction of sp³-hybridized carbons (Fsp3) is 0.385. The molecule has 0 N–H and O–H groups in total. The first-order valence-corrected chi connectivity index (χ1v) is 6.63. The molecule has 0 spiro atoms. The number of aromatic nitrogens is 2. The molecule has 0 fully saturated rings. The van der Waals surface area contributed by atoms with Crippen LogP contribution in [-0.4, -0.2) is 15.6 Å². The summed E-state index contributed by atoms with van der Waals surface area (Å²) in [6.07, 6.45) is 1.92. The summed E-state index contributed by atoms with van der Waals surface area (Å²) < 4.78 is 1.81. The highest BCUT2D eigenvalue weighted by molar-refractivity contribution is 7.10. The van der Waals surface area contributed by atoms with E-state index in [1.54, 1.807) is 11.3 Å². The van der Waals surface area contributed by atoms with Gasteiger partial charge in [0.25, 0.3) is 0 Å². The first-order valence-electron chi connectivity index (χ1n) is 5.75. The highest BCUT2D eigenvalue weighted by Crippen LogP contribution is 2.12. The molecule has 4 heteroatoms. The summed E-state index contributed by atoms with van der Waals surface area (Å²) in [5, 5.41) is 6.35. The van der Waals surface area contributed by atoms with Crippen molar-refractivity contribution in [2.45, 2.75) is 26.2 Å². The number of thiophene rings is 1. The fourth-order valence-corrected chi connectivity index (χ4v) is 2.52. The van der Waals surface area contributed by atoms with Gasteiger partial charge < -0.3 is 0 Å². The lowest BCUT2D eigenvalue weighted by Crippen LogP contribution is -2.09. The van der Waals surface area contributed by atoms with Gasteiger partial charge in [-0.05, 0) is 23.9 Å². The molecule has 0 saturated carbocycles. The Morgan fingerprint density at radius 1 is 1.47 bits per heavy atom. The molecule has 0 unspecified atom stereocenters. The summed E-state index contributed by atoms with van der Waals surface area (Å²) in [5.74, 6) is 0.248. The van der Waals surface area contributed by atoms with Crippen molar-refractivity contribution >= 4 is 17.1 Å². The number of hydrogen-bond donors (Lipinski definition) is 0. The first-order chi connectivity index (χ1) is 8.19. The molecule has 0 aromatic carbocycles. The molecule has 2 aromatic heterocycles. The van der Waals surface area contributed by atoms with Crippen molar-refractivity contribution in [2.24, 2.45) is 7.05 Å². The normalized spacial score (nSPS) is 10.7. The van der Waals surface area contributed by atoms with E-state index < -0.39 is 0 Å². The number of carbonyl (C=O) groups is 1. The third-order valence-corrected chi connectivity index (χ3v) is 3.60. The Bertz CT molecular complexity index is 499. The Labute approximate surface area is 105 Å². The number of hydrogen-bond acceptors (Lipinski definition) is 3. The lowest BCUT2D eigenvalue weighted by Gasteiger charge is -2.00. The van der Waals surface area contributed by atoms with Crippen molar-refractivity contribution in [3.63, 3.8) is 0 Å². The van der Waals surface area contributed by atoms with Crippen molar-refractivity contribution in [2.75, 3.05) is 0 Å². The maximum atomic E-state index is 11.9. The van der Waals surface area contributed by atoms with E-state index in [-0.39, 0.29) is 5.78 Å². The van der Waals surface area contributed by atoms with Gasteiger partial charge in [-0.25, -0.2) is 0 Å². The molecule has 0 aliphatic rings. The van der Waals surface area contributed by atoms with Crippen molar-refractivity contribution in [3.8, 4) is 0 Å². The Morgan fingerprint density at radius 2 is 2.29 bits per heavy atom. The van der Waals surface area contributed by atoms with E-state index in [1.165, 1.54) is 0 Å². The SMILES string of the molecule is CCc1cc(CC(=O)Cc2cccs2)n(C)n1. The third-order valence-electron chi connectivity index (χ3n) is 2.72. The second-order valence-electron chi connectivity index (χ2n) is 4.08. The average molecular weight is 248 g/mol. The zero-order valence-corrected chi connectivity index (χ0v) is 11.0. The number of aryl methyl sites for hydroxylation is 2. The van der Waals surface area contributed by atoms with Gasteiger partial charge >= 0.3 is 0 Å². The quantitative estimate of drug-likeness (QED) is 0.814. The van der Waals surface area contributed by atoms with Crippen LogP contribution < -0.4 is 0 Å². The zero-order chi connectivity index (χ0) is 12.3. The molecule has 90 valence electrons. The molecule has 0 aliphatic heterocycles. The maximum Gasteiger partial charge on any atom is 0.144 e. The van der Waals surface area contributed by atoms with Crippen LogP contribution in [0, 0.1) is 0 Å². The maximum absolute atomic E-state index is 11.9. The Balaban J connectivity index is 2.00. The molecule has 2 aromatic rings. The van der Waals surface area contributed by atoms with Gasteiger partial charge in [0, 0.05) is 30.5 Å². The largest absolute Gasteiger partial charge is 0.299 e. The van der Waals surface area contributed by atoms with Gasteiger partial charge in [-0.3, -0.25) is 9.48 Å². The van der Waals surface area contributed by atoms with Gasteiger partial charge in [-0.2, -0.15) is 5.10 Å². The molecular formula is C13H16N2OS. The first kappa shape index (κ1) is 12.0. The Hall–Kier alpha value is -1.42. The van der Waals surface area contributed by atoms with Crippen molar-refractivity contribution in [1.29, 1.82) is 0 Å². The predicted molar refractivity (Wildman–Crippen MR) is 69.3 cm³/mol. The van der Waals surface area contributed by atoms with E-state index in [0.29, 0.717) is 12.8 Å².